The molecule has 2 heterocycles. The number of hydrogen-bond donors (Lipinski definition) is 0. The van der Waals surface area contributed by atoms with Crippen molar-refractivity contribution in [1.82, 2.24) is 15.0 Å². The van der Waals surface area contributed by atoms with Gasteiger partial charge in [-0.3, -0.25) is 0 Å². The predicted octanol–water partition coefficient (Wildman–Crippen LogP) is 11.7. The molecule has 236 valence electrons. The lowest BCUT2D eigenvalue weighted by Crippen LogP contribution is -2.43. The largest absolute Gasteiger partial charge is 0.455 e. The van der Waals surface area contributed by atoms with Crippen LogP contribution in [-0.4, -0.2) is 15.0 Å². The van der Waals surface area contributed by atoms with Crippen molar-refractivity contribution >= 4 is 21.9 Å². The third kappa shape index (κ3) is 4.48. The van der Waals surface area contributed by atoms with Gasteiger partial charge in [0.25, 0.3) is 0 Å². The quantitative estimate of drug-likeness (QED) is 0.193. The van der Waals surface area contributed by atoms with Gasteiger partial charge in [-0.2, -0.15) is 0 Å². The summed E-state index contributed by atoms with van der Waals surface area (Å²) >= 11 is 0. The standard InChI is InChI=1S/C45H35N3O/c1-44(2)36-21-12-11-18-35(36)38-37(45(44,3)4)27-26-34-33-20-13-19-32(39(33)49-40(34)38)28-22-24-31(25-23-28)43-47-41(29-14-7-5-8-15-29)46-42(48-43)30-16-9-6-10-17-30/h5-27H,1-4H3. The average molecular weight is 634 g/mol. The van der Waals surface area contributed by atoms with E-state index in [1.54, 1.807) is 0 Å². The number of aromatic nitrogens is 3. The van der Waals surface area contributed by atoms with Crippen molar-refractivity contribution in [2.75, 3.05) is 0 Å². The lowest BCUT2D eigenvalue weighted by Gasteiger charge is -2.48. The smallest absolute Gasteiger partial charge is 0.164 e. The summed E-state index contributed by atoms with van der Waals surface area (Å²) in [7, 11) is 0. The first-order valence-corrected chi connectivity index (χ1v) is 16.9. The molecule has 0 bridgehead atoms. The Morgan fingerprint density at radius 2 is 0.878 bits per heavy atom. The van der Waals surface area contributed by atoms with Gasteiger partial charge in [-0.15, -0.1) is 0 Å². The van der Waals surface area contributed by atoms with Crippen LogP contribution >= 0.6 is 0 Å². The molecule has 0 radical (unpaired) electrons. The molecule has 0 spiro atoms. The maximum absolute atomic E-state index is 6.97. The Hall–Kier alpha value is -5.87. The SMILES string of the molecule is CC1(C)c2ccccc2-c2c(ccc3c2oc2c(-c4ccc(-c5nc(-c6ccccc6)nc(-c6ccccc6)n5)cc4)cccc23)C1(C)C. The van der Waals surface area contributed by atoms with E-state index in [1.165, 1.54) is 22.3 Å². The summed E-state index contributed by atoms with van der Waals surface area (Å²) in [6.07, 6.45) is 0. The zero-order valence-electron chi connectivity index (χ0n) is 28.0. The lowest BCUT2D eigenvalue weighted by atomic mass is 9.55. The van der Waals surface area contributed by atoms with Gasteiger partial charge in [-0.1, -0.05) is 167 Å². The highest BCUT2D eigenvalue weighted by Crippen LogP contribution is 2.56. The molecule has 0 saturated carbocycles. The minimum Gasteiger partial charge on any atom is -0.455 e. The first-order valence-electron chi connectivity index (χ1n) is 16.9. The Bertz CT molecular complexity index is 2470. The van der Waals surface area contributed by atoms with Crippen LogP contribution in [0.5, 0.6) is 0 Å². The number of hydrogen-bond acceptors (Lipinski definition) is 4. The summed E-state index contributed by atoms with van der Waals surface area (Å²) in [5.74, 6) is 1.94. The van der Waals surface area contributed by atoms with Crippen LogP contribution in [0.2, 0.25) is 0 Å². The molecule has 1 aliphatic rings. The summed E-state index contributed by atoms with van der Waals surface area (Å²) in [5, 5.41) is 2.27. The van der Waals surface area contributed by atoms with E-state index in [-0.39, 0.29) is 10.8 Å². The molecule has 0 unspecified atom stereocenters. The first kappa shape index (κ1) is 29.3. The van der Waals surface area contributed by atoms with Crippen LogP contribution in [0.1, 0.15) is 38.8 Å². The Balaban J connectivity index is 1.17. The van der Waals surface area contributed by atoms with E-state index in [1.807, 2.05) is 60.7 Å². The molecule has 6 aromatic carbocycles. The summed E-state index contributed by atoms with van der Waals surface area (Å²) < 4.78 is 6.97. The van der Waals surface area contributed by atoms with Gasteiger partial charge in [-0.25, -0.2) is 15.0 Å². The highest BCUT2D eigenvalue weighted by atomic mass is 16.3. The van der Waals surface area contributed by atoms with E-state index >= 15 is 0 Å². The fourth-order valence-corrected chi connectivity index (χ4v) is 7.53. The van der Waals surface area contributed by atoms with Crippen LogP contribution in [0, 0.1) is 0 Å². The molecular formula is C45H35N3O. The fraction of sp³-hybridized carbons (Fsp3) is 0.133. The lowest BCUT2D eigenvalue weighted by molar-refractivity contribution is 0.299. The number of benzene rings is 6. The minimum atomic E-state index is -0.0850. The highest BCUT2D eigenvalue weighted by molar-refractivity contribution is 6.14. The molecule has 0 amide bonds. The number of nitrogens with zero attached hydrogens (tertiary/aromatic N) is 3. The Kier molecular flexibility index (Phi) is 6.47. The highest BCUT2D eigenvalue weighted by Gasteiger charge is 2.46. The zero-order chi connectivity index (χ0) is 33.3. The molecule has 0 atom stereocenters. The van der Waals surface area contributed by atoms with Crippen molar-refractivity contribution in [3.63, 3.8) is 0 Å². The molecule has 49 heavy (non-hydrogen) atoms. The molecule has 9 rings (SSSR count). The Labute approximate surface area is 286 Å². The summed E-state index contributed by atoms with van der Waals surface area (Å²) in [4.78, 5) is 14.7. The van der Waals surface area contributed by atoms with E-state index in [9.17, 15) is 0 Å². The van der Waals surface area contributed by atoms with Gasteiger partial charge in [0.05, 0.1) is 0 Å². The number of rotatable bonds is 4. The predicted molar refractivity (Wildman–Crippen MR) is 200 cm³/mol. The van der Waals surface area contributed by atoms with Crippen LogP contribution in [0.15, 0.2) is 144 Å². The molecule has 1 aliphatic carbocycles. The number of furan rings is 1. The second kappa shape index (κ2) is 10.8. The average Bonchev–Trinajstić information content (AvgIpc) is 3.54. The monoisotopic (exact) mass is 633 g/mol. The van der Waals surface area contributed by atoms with E-state index in [0.717, 1.165) is 49.8 Å². The van der Waals surface area contributed by atoms with Crippen LogP contribution in [0.25, 0.3) is 78.4 Å². The second-order valence-corrected chi connectivity index (χ2v) is 14.1. The number of fused-ring (bicyclic) bond motifs is 7. The maximum Gasteiger partial charge on any atom is 0.164 e. The molecule has 4 heteroatoms. The van der Waals surface area contributed by atoms with Crippen molar-refractivity contribution in [3.05, 3.63) is 151 Å². The van der Waals surface area contributed by atoms with Crippen molar-refractivity contribution in [2.45, 2.75) is 38.5 Å². The molecule has 0 saturated heterocycles. The van der Waals surface area contributed by atoms with Gasteiger partial charge in [-0.05, 0) is 33.1 Å². The van der Waals surface area contributed by atoms with E-state index < -0.39 is 0 Å². The van der Waals surface area contributed by atoms with Crippen LogP contribution in [0.4, 0.5) is 0 Å². The third-order valence-corrected chi connectivity index (χ3v) is 10.9. The van der Waals surface area contributed by atoms with Gasteiger partial charge in [0.15, 0.2) is 17.5 Å². The van der Waals surface area contributed by atoms with Gasteiger partial charge in [0, 0.05) is 38.6 Å². The van der Waals surface area contributed by atoms with E-state index in [4.69, 9.17) is 19.4 Å². The normalized spacial score (nSPS) is 14.4. The van der Waals surface area contributed by atoms with Crippen LogP contribution < -0.4 is 0 Å². The molecule has 0 fully saturated rings. The first-order chi connectivity index (χ1) is 23.8. The molecule has 0 aliphatic heterocycles. The number of para-hydroxylation sites is 1. The minimum absolute atomic E-state index is 0.0363. The Morgan fingerprint density at radius 3 is 1.51 bits per heavy atom. The van der Waals surface area contributed by atoms with E-state index in [0.29, 0.717) is 17.5 Å². The van der Waals surface area contributed by atoms with Gasteiger partial charge in [0.2, 0.25) is 0 Å². The topological polar surface area (TPSA) is 51.8 Å². The van der Waals surface area contributed by atoms with E-state index in [2.05, 4.69) is 107 Å². The molecule has 8 aromatic rings. The summed E-state index contributed by atoms with van der Waals surface area (Å²) in [6.45, 7) is 9.45. The van der Waals surface area contributed by atoms with Gasteiger partial charge < -0.3 is 4.42 Å². The van der Waals surface area contributed by atoms with Gasteiger partial charge in [0.1, 0.15) is 11.2 Å². The van der Waals surface area contributed by atoms with Crippen molar-refractivity contribution in [3.8, 4) is 56.4 Å². The van der Waals surface area contributed by atoms with Crippen LogP contribution in [0.3, 0.4) is 0 Å². The zero-order valence-corrected chi connectivity index (χ0v) is 28.0. The molecule has 2 aromatic heterocycles. The van der Waals surface area contributed by atoms with Crippen LogP contribution in [-0.2, 0) is 10.8 Å². The van der Waals surface area contributed by atoms with Crippen molar-refractivity contribution in [1.29, 1.82) is 0 Å². The summed E-state index contributed by atoms with van der Waals surface area (Å²) in [5.41, 5.74) is 11.9. The van der Waals surface area contributed by atoms with Gasteiger partial charge >= 0.3 is 0 Å². The molecule has 4 nitrogen and oxygen atoms in total. The molecular weight excluding hydrogens is 599 g/mol. The van der Waals surface area contributed by atoms with Crippen molar-refractivity contribution < 1.29 is 4.42 Å². The summed E-state index contributed by atoms with van der Waals surface area (Å²) in [6, 6.07) is 48.5. The Morgan fingerprint density at radius 1 is 0.388 bits per heavy atom. The molecule has 0 N–H and O–H groups in total. The van der Waals surface area contributed by atoms with Crippen molar-refractivity contribution in [2.24, 2.45) is 0 Å². The second-order valence-electron chi connectivity index (χ2n) is 14.1. The fourth-order valence-electron chi connectivity index (χ4n) is 7.53. The third-order valence-electron chi connectivity index (χ3n) is 10.9. The maximum atomic E-state index is 6.97.